The van der Waals surface area contributed by atoms with Gasteiger partial charge in [-0.15, -0.1) is 22.9 Å². The van der Waals surface area contributed by atoms with Gasteiger partial charge in [0.15, 0.2) is 0 Å². The minimum Gasteiger partial charge on any atom is -0.397 e. The molecule has 0 saturated heterocycles. The van der Waals surface area contributed by atoms with E-state index in [1.165, 1.54) is 4.70 Å². The molecule has 0 aliphatic carbocycles. The third kappa shape index (κ3) is 1.45. The van der Waals surface area contributed by atoms with E-state index < -0.39 is 0 Å². The van der Waals surface area contributed by atoms with Crippen molar-refractivity contribution in [3.8, 4) is 0 Å². The minimum atomic E-state index is 0.485. The number of thiophene rings is 1. The van der Waals surface area contributed by atoms with E-state index in [4.69, 9.17) is 17.3 Å². The summed E-state index contributed by atoms with van der Waals surface area (Å²) in [5.41, 5.74) is 7.78. The predicted octanol–water partition coefficient (Wildman–Crippen LogP) is 3.98. The summed E-state index contributed by atoms with van der Waals surface area (Å²) in [5.74, 6) is 0.485. The maximum absolute atomic E-state index is 5.94. The molecular formula is C9H7BrClNS. The summed E-state index contributed by atoms with van der Waals surface area (Å²) in [6.45, 7) is 0. The molecule has 1 aromatic heterocycles. The Bertz CT molecular complexity index is 452. The Kier molecular flexibility index (Phi) is 2.49. The summed E-state index contributed by atoms with van der Waals surface area (Å²) in [4.78, 5) is 0. The highest BCUT2D eigenvalue weighted by atomic mass is 79.9. The molecule has 0 aliphatic rings. The van der Waals surface area contributed by atoms with Crippen molar-refractivity contribution in [1.82, 2.24) is 0 Å². The first-order chi connectivity index (χ1) is 6.24. The van der Waals surface area contributed by atoms with Crippen molar-refractivity contribution in [2.45, 2.75) is 5.88 Å². The Balaban J connectivity index is 2.83. The van der Waals surface area contributed by atoms with E-state index in [0.29, 0.717) is 5.88 Å². The zero-order valence-electron chi connectivity index (χ0n) is 6.68. The molecule has 0 atom stereocenters. The molecule has 0 amide bonds. The number of rotatable bonds is 1. The predicted molar refractivity (Wildman–Crippen MR) is 63.5 cm³/mol. The maximum Gasteiger partial charge on any atom is 0.0549 e. The molecule has 2 aromatic rings. The Morgan fingerprint density at radius 1 is 1.54 bits per heavy atom. The van der Waals surface area contributed by atoms with Gasteiger partial charge in [-0.1, -0.05) is 0 Å². The fraction of sp³-hybridized carbons (Fsp3) is 0.111. The van der Waals surface area contributed by atoms with Gasteiger partial charge in [-0.3, -0.25) is 0 Å². The van der Waals surface area contributed by atoms with Crippen LogP contribution < -0.4 is 5.73 Å². The van der Waals surface area contributed by atoms with Crippen LogP contribution in [0.2, 0.25) is 0 Å². The fourth-order valence-electron chi connectivity index (χ4n) is 1.27. The van der Waals surface area contributed by atoms with Crippen LogP contribution in [0.5, 0.6) is 0 Å². The number of nitrogen functional groups attached to an aromatic ring is 1. The zero-order chi connectivity index (χ0) is 9.42. The van der Waals surface area contributed by atoms with Crippen molar-refractivity contribution < 1.29 is 0 Å². The molecular weight excluding hydrogens is 270 g/mol. The normalized spacial score (nSPS) is 10.9. The van der Waals surface area contributed by atoms with Gasteiger partial charge in [0.2, 0.25) is 0 Å². The number of hydrogen-bond acceptors (Lipinski definition) is 2. The molecule has 1 heterocycles. The second-order valence-electron chi connectivity index (χ2n) is 2.73. The van der Waals surface area contributed by atoms with E-state index in [1.54, 1.807) is 11.3 Å². The molecule has 0 bridgehead atoms. The van der Waals surface area contributed by atoms with E-state index in [9.17, 15) is 0 Å². The summed E-state index contributed by atoms with van der Waals surface area (Å²) in [6.07, 6.45) is 0. The molecule has 0 unspecified atom stereocenters. The highest BCUT2D eigenvalue weighted by Crippen LogP contribution is 2.35. The van der Waals surface area contributed by atoms with E-state index in [2.05, 4.69) is 22.0 Å². The third-order valence-corrected chi connectivity index (χ3v) is 4.04. The van der Waals surface area contributed by atoms with Gasteiger partial charge in [-0.05, 0) is 39.0 Å². The monoisotopic (exact) mass is 275 g/mol. The Hall–Kier alpha value is -0.250. The van der Waals surface area contributed by atoms with E-state index in [0.717, 1.165) is 21.1 Å². The van der Waals surface area contributed by atoms with Crippen molar-refractivity contribution in [3.63, 3.8) is 0 Å². The second kappa shape index (κ2) is 3.48. The lowest BCUT2D eigenvalue weighted by atomic mass is 10.1. The van der Waals surface area contributed by atoms with Crippen LogP contribution in [0.25, 0.3) is 10.1 Å². The topological polar surface area (TPSA) is 26.0 Å². The van der Waals surface area contributed by atoms with Crippen molar-refractivity contribution in [3.05, 3.63) is 27.5 Å². The number of benzene rings is 1. The number of anilines is 1. The van der Waals surface area contributed by atoms with Crippen LogP contribution in [0, 0.1) is 0 Å². The molecule has 0 spiro atoms. The number of fused-ring (bicyclic) bond motifs is 1. The van der Waals surface area contributed by atoms with Crippen molar-refractivity contribution in [2.24, 2.45) is 0 Å². The van der Waals surface area contributed by atoms with Crippen LogP contribution in [-0.4, -0.2) is 0 Å². The average molecular weight is 277 g/mol. The summed E-state index contributed by atoms with van der Waals surface area (Å²) < 4.78 is 2.12. The molecule has 2 N–H and O–H groups in total. The molecule has 0 saturated carbocycles. The third-order valence-electron chi connectivity index (χ3n) is 1.95. The minimum absolute atomic E-state index is 0.485. The highest BCUT2D eigenvalue weighted by molar-refractivity contribution is 9.10. The van der Waals surface area contributed by atoms with Crippen molar-refractivity contribution >= 4 is 54.6 Å². The quantitative estimate of drug-likeness (QED) is 0.619. The van der Waals surface area contributed by atoms with Crippen LogP contribution in [0.3, 0.4) is 0 Å². The summed E-state index contributed by atoms with van der Waals surface area (Å²) in [6, 6.07) is 4.10. The first kappa shape index (κ1) is 9.31. The second-order valence-corrected chi connectivity index (χ2v) is 4.74. The number of hydrogen-bond donors (Lipinski definition) is 1. The van der Waals surface area contributed by atoms with Gasteiger partial charge in [-0.25, -0.2) is 0 Å². The molecule has 1 nitrogen and oxygen atoms in total. The van der Waals surface area contributed by atoms with E-state index in [-0.39, 0.29) is 0 Å². The van der Waals surface area contributed by atoms with E-state index in [1.807, 2.05) is 11.4 Å². The zero-order valence-corrected chi connectivity index (χ0v) is 9.84. The average Bonchev–Trinajstić information content (AvgIpc) is 2.59. The van der Waals surface area contributed by atoms with Gasteiger partial charge in [0.25, 0.3) is 0 Å². The van der Waals surface area contributed by atoms with Gasteiger partial charge >= 0.3 is 0 Å². The first-order valence-corrected chi connectivity index (χ1v) is 5.94. The van der Waals surface area contributed by atoms with Crippen molar-refractivity contribution in [1.29, 1.82) is 0 Å². The molecule has 1 aromatic carbocycles. The van der Waals surface area contributed by atoms with Crippen molar-refractivity contribution in [2.75, 3.05) is 5.73 Å². The smallest absolute Gasteiger partial charge is 0.0549 e. The molecule has 68 valence electrons. The molecule has 0 aliphatic heterocycles. The molecule has 0 fully saturated rings. The van der Waals surface area contributed by atoms with Gasteiger partial charge in [0.1, 0.15) is 0 Å². The fourth-order valence-corrected chi connectivity index (χ4v) is 2.97. The number of halogens is 2. The Morgan fingerprint density at radius 2 is 2.31 bits per heavy atom. The Labute approximate surface area is 93.6 Å². The Morgan fingerprint density at radius 3 is 3.00 bits per heavy atom. The lowest BCUT2D eigenvalue weighted by Gasteiger charge is -2.05. The van der Waals surface area contributed by atoms with Crippen LogP contribution >= 0.6 is 38.9 Å². The summed E-state index contributed by atoms with van der Waals surface area (Å²) in [7, 11) is 0. The summed E-state index contributed by atoms with van der Waals surface area (Å²) in [5, 5.41) is 3.14. The molecule has 4 heteroatoms. The number of alkyl halides is 1. The van der Waals surface area contributed by atoms with Crippen LogP contribution in [0.4, 0.5) is 5.69 Å². The highest BCUT2D eigenvalue weighted by Gasteiger charge is 2.08. The van der Waals surface area contributed by atoms with Crippen LogP contribution in [-0.2, 0) is 5.88 Å². The lowest BCUT2D eigenvalue weighted by Crippen LogP contribution is -1.91. The van der Waals surface area contributed by atoms with Crippen LogP contribution in [0.15, 0.2) is 22.0 Å². The SMILES string of the molecule is Nc1c(Br)c(CCl)cc2sccc12. The molecule has 2 rings (SSSR count). The number of nitrogens with two attached hydrogens (primary N) is 1. The maximum atomic E-state index is 5.94. The summed E-state index contributed by atoms with van der Waals surface area (Å²) >= 11 is 10.9. The van der Waals surface area contributed by atoms with Gasteiger partial charge in [-0.2, -0.15) is 0 Å². The van der Waals surface area contributed by atoms with Gasteiger partial charge in [0.05, 0.1) is 5.69 Å². The van der Waals surface area contributed by atoms with E-state index >= 15 is 0 Å². The van der Waals surface area contributed by atoms with Gasteiger partial charge < -0.3 is 5.73 Å². The largest absolute Gasteiger partial charge is 0.397 e. The lowest BCUT2D eigenvalue weighted by molar-refractivity contribution is 1.40. The first-order valence-electron chi connectivity index (χ1n) is 3.74. The van der Waals surface area contributed by atoms with Gasteiger partial charge in [0, 0.05) is 20.4 Å². The molecule has 0 radical (unpaired) electrons. The van der Waals surface area contributed by atoms with Crippen LogP contribution in [0.1, 0.15) is 5.56 Å². The standard InChI is InChI=1S/C9H7BrClNS/c10-8-5(4-11)3-7-6(9(8)12)1-2-13-7/h1-3H,4,12H2. The molecule has 13 heavy (non-hydrogen) atoms.